The molecule has 0 radical (unpaired) electrons. The summed E-state index contributed by atoms with van der Waals surface area (Å²) in [4.78, 5) is 19.6. The number of unbranched alkanes of at least 4 members (excludes halogenated alkanes) is 1. The minimum absolute atomic E-state index is 0.258. The fourth-order valence-electron chi connectivity index (χ4n) is 1.74. The molecule has 0 atom stereocenters. The number of carbonyl (C=O) groups is 2. The van der Waals surface area contributed by atoms with Gasteiger partial charge in [-0.3, -0.25) is 9.59 Å². The maximum absolute atomic E-state index is 10.3. The van der Waals surface area contributed by atoms with Crippen LogP contribution in [0.5, 0.6) is 0 Å². The van der Waals surface area contributed by atoms with Crippen molar-refractivity contribution in [2.75, 3.05) is 6.54 Å². The zero-order chi connectivity index (χ0) is 20.6. The summed E-state index contributed by atoms with van der Waals surface area (Å²) in [5.41, 5.74) is 4.57. The molecule has 0 bridgehead atoms. The topological polar surface area (TPSA) is 101 Å². The Morgan fingerprint density at radius 2 is 1.07 bits per heavy atom. The van der Waals surface area contributed by atoms with Gasteiger partial charge in [-0.05, 0) is 44.9 Å². The van der Waals surface area contributed by atoms with Gasteiger partial charge in [-0.15, -0.1) is 0 Å². The normalized spacial score (nSPS) is 11.8. The summed E-state index contributed by atoms with van der Waals surface area (Å²) in [7, 11) is 0. The van der Waals surface area contributed by atoms with Gasteiger partial charge < -0.3 is 15.9 Å². The lowest BCUT2D eigenvalue weighted by Gasteiger charge is -1.89. The molecule has 4 N–H and O–H groups in total. The second-order valence-electron chi connectivity index (χ2n) is 5.59. The lowest BCUT2D eigenvalue weighted by molar-refractivity contribution is -0.137. The Hall–Kier alpha value is -2.40. The van der Waals surface area contributed by atoms with Gasteiger partial charge >= 0.3 is 11.9 Å². The van der Waals surface area contributed by atoms with E-state index < -0.39 is 11.9 Å². The van der Waals surface area contributed by atoms with Gasteiger partial charge in [0.1, 0.15) is 0 Å². The second-order valence-corrected chi connectivity index (χ2v) is 5.59. The maximum atomic E-state index is 10.3. The summed E-state index contributed by atoms with van der Waals surface area (Å²) in [5.74, 6) is -1.68. The third-order valence-electron chi connectivity index (χ3n) is 3.09. The van der Waals surface area contributed by atoms with E-state index in [-0.39, 0.29) is 13.0 Å². The molecule has 5 nitrogen and oxygen atoms in total. The first kappa shape index (κ1) is 26.8. The molecule has 0 spiro atoms. The maximum Gasteiger partial charge on any atom is 0.317 e. The SMILES string of the molecule is CC/C=C\C/C=C\C/C=C\C/C=C\C/C=C\CCCC(=O)O.NCC(=O)O. The third-order valence-corrected chi connectivity index (χ3v) is 3.09. The molecule has 0 aromatic heterocycles. The Morgan fingerprint density at radius 1 is 0.704 bits per heavy atom. The fraction of sp³-hybridized carbons (Fsp3) is 0.455. The fourth-order valence-corrected chi connectivity index (χ4v) is 1.74. The van der Waals surface area contributed by atoms with Crippen LogP contribution in [0.3, 0.4) is 0 Å². The highest BCUT2D eigenvalue weighted by molar-refractivity contribution is 5.68. The molecule has 27 heavy (non-hydrogen) atoms. The number of carboxylic acid groups (broad SMARTS) is 2. The molecule has 152 valence electrons. The van der Waals surface area contributed by atoms with Crippen molar-refractivity contribution in [2.24, 2.45) is 5.73 Å². The molecule has 0 fully saturated rings. The molecule has 0 rings (SSSR count). The van der Waals surface area contributed by atoms with Crippen LogP contribution in [0.4, 0.5) is 0 Å². The van der Waals surface area contributed by atoms with Crippen LogP contribution in [0.25, 0.3) is 0 Å². The minimum atomic E-state index is -0.968. The predicted molar refractivity (Wildman–Crippen MR) is 113 cm³/mol. The van der Waals surface area contributed by atoms with Crippen LogP contribution in [0.2, 0.25) is 0 Å². The number of rotatable bonds is 14. The predicted octanol–water partition coefficient (Wildman–Crippen LogP) is 5.02. The monoisotopic (exact) mass is 377 g/mol. The van der Waals surface area contributed by atoms with E-state index in [0.717, 1.165) is 44.9 Å². The van der Waals surface area contributed by atoms with Crippen molar-refractivity contribution < 1.29 is 19.8 Å². The van der Waals surface area contributed by atoms with Crippen LogP contribution < -0.4 is 5.73 Å². The van der Waals surface area contributed by atoms with Gasteiger partial charge in [0.25, 0.3) is 0 Å². The summed E-state index contributed by atoms with van der Waals surface area (Å²) < 4.78 is 0. The molecular formula is C22H35NO4. The number of nitrogens with two attached hydrogens (primary N) is 1. The Labute approximate surface area is 163 Å². The Morgan fingerprint density at radius 3 is 1.41 bits per heavy atom. The van der Waals surface area contributed by atoms with E-state index >= 15 is 0 Å². The third kappa shape index (κ3) is 31.8. The van der Waals surface area contributed by atoms with Crippen molar-refractivity contribution in [1.29, 1.82) is 0 Å². The highest BCUT2D eigenvalue weighted by Crippen LogP contribution is 1.99. The van der Waals surface area contributed by atoms with E-state index in [1.165, 1.54) is 0 Å². The molecular weight excluding hydrogens is 342 g/mol. The average Bonchev–Trinajstić information content (AvgIpc) is 2.64. The van der Waals surface area contributed by atoms with Crippen molar-refractivity contribution in [3.8, 4) is 0 Å². The zero-order valence-corrected chi connectivity index (χ0v) is 16.4. The largest absolute Gasteiger partial charge is 0.481 e. The Balaban J connectivity index is 0. The van der Waals surface area contributed by atoms with E-state index in [1.54, 1.807) is 0 Å². The van der Waals surface area contributed by atoms with E-state index in [0.29, 0.717) is 0 Å². The van der Waals surface area contributed by atoms with Crippen LogP contribution in [-0.2, 0) is 9.59 Å². The molecule has 5 heteroatoms. The minimum Gasteiger partial charge on any atom is -0.481 e. The molecule has 0 aliphatic heterocycles. The van der Waals surface area contributed by atoms with Crippen molar-refractivity contribution in [1.82, 2.24) is 0 Å². The van der Waals surface area contributed by atoms with Crippen molar-refractivity contribution in [3.63, 3.8) is 0 Å². The molecule has 0 heterocycles. The van der Waals surface area contributed by atoms with Gasteiger partial charge in [-0.1, -0.05) is 67.7 Å². The van der Waals surface area contributed by atoms with E-state index in [9.17, 15) is 9.59 Å². The molecule has 0 aromatic carbocycles. The first-order chi connectivity index (χ1) is 13.0. The van der Waals surface area contributed by atoms with Gasteiger partial charge in [0.15, 0.2) is 0 Å². The first-order valence-corrected chi connectivity index (χ1v) is 9.43. The summed E-state index contributed by atoms with van der Waals surface area (Å²) in [5, 5.41) is 16.1. The van der Waals surface area contributed by atoms with Crippen molar-refractivity contribution >= 4 is 11.9 Å². The molecule has 0 saturated heterocycles. The molecule has 0 unspecified atom stereocenters. The van der Waals surface area contributed by atoms with Crippen molar-refractivity contribution in [2.45, 2.75) is 58.3 Å². The number of hydrogen-bond acceptors (Lipinski definition) is 3. The van der Waals surface area contributed by atoms with Gasteiger partial charge in [0.05, 0.1) is 6.54 Å². The van der Waals surface area contributed by atoms with E-state index in [1.807, 2.05) is 0 Å². The number of allylic oxidation sites excluding steroid dienone is 10. The van der Waals surface area contributed by atoms with Gasteiger partial charge in [-0.25, -0.2) is 0 Å². The molecule has 0 amide bonds. The summed E-state index contributed by atoms with van der Waals surface area (Å²) in [6, 6.07) is 0. The highest BCUT2D eigenvalue weighted by Gasteiger charge is 1.92. The highest BCUT2D eigenvalue weighted by atomic mass is 16.4. The van der Waals surface area contributed by atoms with E-state index in [2.05, 4.69) is 73.4 Å². The summed E-state index contributed by atoms with van der Waals surface area (Å²) in [6.07, 6.45) is 28.4. The standard InChI is InChI=1S/C20H30O2.C2H5NO2/c1-2-3-4-5-6-7-8-9-10-11-12-13-14-15-16-17-18-19-20(21)22;3-1-2(4)5/h3-4,6-7,9-10,12-13,15-16H,2,5,8,11,14,17-19H2,1H3,(H,21,22);1,3H2,(H,4,5)/b4-3-,7-6-,10-9-,13-12-,16-15-;. The van der Waals surface area contributed by atoms with Crippen LogP contribution in [0.15, 0.2) is 60.8 Å². The average molecular weight is 378 g/mol. The number of carboxylic acids is 2. The summed E-state index contributed by atoms with van der Waals surface area (Å²) >= 11 is 0. The Kier molecular flexibility index (Phi) is 23.4. The molecule has 0 aromatic rings. The smallest absolute Gasteiger partial charge is 0.317 e. The van der Waals surface area contributed by atoms with Crippen LogP contribution in [0, 0.1) is 0 Å². The van der Waals surface area contributed by atoms with Gasteiger partial charge in [-0.2, -0.15) is 0 Å². The second kappa shape index (κ2) is 23.6. The van der Waals surface area contributed by atoms with Gasteiger partial charge in [0, 0.05) is 6.42 Å². The van der Waals surface area contributed by atoms with Crippen LogP contribution in [0.1, 0.15) is 58.3 Å². The Bertz CT molecular complexity index is 502. The summed E-state index contributed by atoms with van der Waals surface area (Å²) in [6.45, 7) is 1.87. The van der Waals surface area contributed by atoms with Crippen LogP contribution >= 0.6 is 0 Å². The lowest BCUT2D eigenvalue weighted by Crippen LogP contribution is -2.10. The molecule has 0 aliphatic rings. The quantitative estimate of drug-likeness (QED) is 0.291. The van der Waals surface area contributed by atoms with Crippen molar-refractivity contribution in [3.05, 3.63) is 60.8 Å². The van der Waals surface area contributed by atoms with Crippen LogP contribution in [-0.4, -0.2) is 28.7 Å². The zero-order valence-electron chi connectivity index (χ0n) is 16.4. The first-order valence-electron chi connectivity index (χ1n) is 9.43. The molecule has 0 saturated carbocycles. The van der Waals surface area contributed by atoms with E-state index in [4.69, 9.17) is 10.2 Å². The van der Waals surface area contributed by atoms with Gasteiger partial charge in [0.2, 0.25) is 0 Å². The number of hydrogen-bond donors (Lipinski definition) is 3. The molecule has 0 aliphatic carbocycles. The lowest BCUT2D eigenvalue weighted by atomic mass is 10.2. The number of aliphatic carboxylic acids is 2.